The van der Waals surface area contributed by atoms with Gasteiger partial charge in [-0.1, -0.05) is 48.7 Å². The van der Waals surface area contributed by atoms with E-state index in [9.17, 15) is 4.79 Å². The number of carbonyl (C=O) groups is 1. The Kier molecular flexibility index (Phi) is 3.06. The number of rotatable bonds is 2. The van der Waals surface area contributed by atoms with Crippen LogP contribution in [0.4, 0.5) is 0 Å². The molecular formula is C8H12Cl3NO. The molecule has 1 saturated carbocycles. The van der Waals surface area contributed by atoms with E-state index in [2.05, 4.69) is 19.2 Å². The third kappa shape index (κ3) is 3.19. The van der Waals surface area contributed by atoms with E-state index in [-0.39, 0.29) is 0 Å². The molecule has 1 amide bonds. The first-order valence-electron chi connectivity index (χ1n) is 4.08. The summed E-state index contributed by atoms with van der Waals surface area (Å²) in [5.41, 5.74) is 0.334. The number of hydrogen-bond acceptors (Lipinski definition) is 1. The molecule has 1 unspecified atom stereocenters. The highest BCUT2D eigenvalue weighted by Gasteiger charge is 2.45. The van der Waals surface area contributed by atoms with Gasteiger partial charge in [0.05, 0.1) is 0 Å². The SMILES string of the molecule is CC1(C)CC1CNC(=O)C(Cl)(Cl)Cl. The minimum Gasteiger partial charge on any atom is -0.352 e. The van der Waals surface area contributed by atoms with Crippen LogP contribution in [0.1, 0.15) is 20.3 Å². The van der Waals surface area contributed by atoms with Crippen LogP contribution in [0.25, 0.3) is 0 Å². The van der Waals surface area contributed by atoms with E-state index in [0.29, 0.717) is 17.9 Å². The molecule has 1 N–H and O–H groups in total. The maximum atomic E-state index is 11.1. The zero-order valence-electron chi connectivity index (χ0n) is 7.53. The first-order valence-corrected chi connectivity index (χ1v) is 5.22. The monoisotopic (exact) mass is 243 g/mol. The standard InChI is InChI=1S/C8H12Cl3NO/c1-7(2)3-5(7)4-12-6(13)8(9,10)11/h5H,3-4H2,1-2H3,(H,12,13). The third-order valence-electron chi connectivity index (χ3n) is 2.48. The summed E-state index contributed by atoms with van der Waals surface area (Å²) >= 11 is 16.1. The fourth-order valence-corrected chi connectivity index (χ4v) is 1.44. The first kappa shape index (κ1) is 11.4. The predicted octanol–water partition coefficient (Wildman–Crippen LogP) is 2.52. The van der Waals surface area contributed by atoms with Crippen LogP contribution in [-0.4, -0.2) is 16.2 Å². The number of hydrogen-bond donors (Lipinski definition) is 1. The molecule has 2 nitrogen and oxygen atoms in total. The molecule has 0 aliphatic heterocycles. The molecule has 0 bridgehead atoms. The summed E-state index contributed by atoms with van der Waals surface area (Å²) in [7, 11) is 0. The van der Waals surface area contributed by atoms with Crippen molar-refractivity contribution in [3.05, 3.63) is 0 Å². The lowest BCUT2D eigenvalue weighted by molar-refractivity contribution is -0.120. The lowest BCUT2D eigenvalue weighted by Gasteiger charge is -2.11. The molecule has 0 saturated heterocycles. The molecule has 1 aliphatic carbocycles. The highest BCUT2D eigenvalue weighted by Crippen LogP contribution is 2.51. The molecule has 5 heteroatoms. The summed E-state index contributed by atoms with van der Waals surface area (Å²) in [4.78, 5) is 11.1. The van der Waals surface area contributed by atoms with E-state index < -0.39 is 9.70 Å². The Balaban J connectivity index is 2.25. The van der Waals surface area contributed by atoms with Gasteiger partial charge >= 0.3 is 0 Å². The van der Waals surface area contributed by atoms with E-state index >= 15 is 0 Å². The number of alkyl halides is 3. The molecule has 0 radical (unpaired) electrons. The van der Waals surface area contributed by atoms with Crippen LogP contribution in [0.3, 0.4) is 0 Å². The Morgan fingerprint density at radius 3 is 2.31 bits per heavy atom. The molecule has 0 aromatic carbocycles. The average molecular weight is 245 g/mol. The Labute approximate surface area is 92.9 Å². The van der Waals surface area contributed by atoms with Gasteiger partial charge in [0.2, 0.25) is 0 Å². The molecule has 0 aromatic heterocycles. The number of carbonyl (C=O) groups excluding carboxylic acids is 1. The summed E-state index contributed by atoms with van der Waals surface area (Å²) in [5, 5.41) is 2.61. The van der Waals surface area contributed by atoms with Crippen molar-refractivity contribution in [2.75, 3.05) is 6.54 Å². The van der Waals surface area contributed by atoms with E-state index in [1.165, 1.54) is 0 Å². The van der Waals surface area contributed by atoms with Gasteiger partial charge in [-0.3, -0.25) is 4.79 Å². The van der Waals surface area contributed by atoms with Gasteiger partial charge in [0, 0.05) is 6.54 Å². The van der Waals surface area contributed by atoms with Crippen molar-refractivity contribution in [3.8, 4) is 0 Å². The van der Waals surface area contributed by atoms with Crippen LogP contribution in [-0.2, 0) is 4.79 Å². The van der Waals surface area contributed by atoms with E-state index in [0.717, 1.165) is 6.42 Å². The fourth-order valence-electron chi connectivity index (χ4n) is 1.24. The Hall–Kier alpha value is 0.340. The maximum Gasteiger partial charge on any atom is 0.272 e. The quantitative estimate of drug-likeness (QED) is 0.743. The molecule has 1 atom stereocenters. The first-order chi connectivity index (χ1) is 5.73. The van der Waals surface area contributed by atoms with Gasteiger partial charge < -0.3 is 5.32 Å². The zero-order chi connectivity index (χ0) is 10.3. The molecular weight excluding hydrogens is 232 g/mol. The van der Waals surface area contributed by atoms with Crippen molar-refractivity contribution >= 4 is 40.7 Å². The second-order valence-electron chi connectivity index (χ2n) is 4.10. The molecule has 0 heterocycles. The van der Waals surface area contributed by atoms with Crippen LogP contribution >= 0.6 is 34.8 Å². The minimum absolute atomic E-state index is 0.334. The van der Waals surface area contributed by atoms with Crippen LogP contribution < -0.4 is 5.32 Å². The number of amides is 1. The predicted molar refractivity (Wildman–Crippen MR) is 55.2 cm³/mol. The van der Waals surface area contributed by atoms with Crippen molar-refractivity contribution in [3.63, 3.8) is 0 Å². The normalized spacial score (nSPS) is 25.5. The molecule has 76 valence electrons. The number of nitrogens with one attached hydrogen (secondary N) is 1. The molecule has 0 spiro atoms. The van der Waals surface area contributed by atoms with Gasteiger partial charge in [0.25, 0.3) is 9.70 Å². The molecule has 13 heavy (non-hydrogen) atoms. The van der Waals surface area contributed by atoms with Gasteiger partial charge in [0.1, 0.15) is 0 Å². The lowest BCUT2D eigenvalue weighted by Crippen LogP contribution is -2.36. The van der Waals surface area contributed by atoms with E-state index in [1.54, 1.807) is 0 Å². The van der Waals surface area contributed by atoms with E-state index in [4.69, 9.17) is 34.8 Å². The van der Waals surface area contributed by atoms with Crippen LogP contribution in [0.15, 0.2) is 0 Å². The van der Waals surface area contributed by atoms with Crippen molar-refractivity contribution < 1.29 is 4.79 Å². The van der Waals surface area contributed by atoms with Gasteiger partial charge in [-0.25, -0.2) is 0 Å². The third-order valence-corrected chi connectivity index (χ3v) is 3.00. The largest absolute Gasteiger partial charge is 0.352 e. The molecule has 0 aromatic rings. The zero-order valence-corrected chi connectivity index (χ0v) is 9.80. The van der Waals surface area contributed by atoms with Crippen molar-refractivity contribution in [2.45, 2.75) is 24.1 Å². The average Bonchev–Trinajstić information content (AvgIpc) is 2.52. The van der Waals surface area contributed by atoms with Gasteiger partial charge in [0.15, 0.2) is 0 Å². The maximum absolute atomic E-state index is 11.1. The summed E-state index contributed by atoms with van der Waals surface area (Å²) in [5.74, 6) is -0.0241. The van der Waals surface area contributed by atoms with E-state index in [1.807, 2.05) is 0 Å². The summed E-state index contributed by atoms with van der Waals surface area (Å²) < 4.78 is -1.83. The van der Waals surface area contributed by atoms with Crippen molar-refractivity contribution in [1.82, 2.24) is 5.32 Å². The minimum atomic E-state index is -1.83. The second-order valence-corrected chi connectivity index (χ2v) is 6.38. The number of halogens is 3. The van der Waals surface area contributed by atoms with Crippen LogP contribution in [0, 0.1) is 11.3 Å². The summed E-state index contributed by atoms with van der Waals surface area (Å²) in [6.07, 6.45) is 1.12. The summed E-state index contributed by atoms with van der Waals surface area (Å²) in [6.45, 7) is 4.90. The van der Waals surface area contributed by atoms with Crippen molar-refractivity contribution in [1.29, 1.82) is 0 Å². The summed E-state index contributed by atoms with van der Waals surface area (Å²) in [6, 6.07) is 0. The van der Waals surface area contributed by atoms with Crippen LogP contribution in [0.5, 0.6) is 0 Å². The molecule has 1 rings (SSSR count). The topological polar surface area (TPSA) is 29.1 Å². The Morgan fingerprint density at radius 1 is 1.54 bits per heavy atom. The smallest absolute Gasteiger partial charge is 0.272 e. The molecule has 1 aliphatic rings. The van der Waals surface area contributed by atoms with Gasteiger partial charge in [-0.05, 0) is 17.8 Å². The highest BCUT2D eigenvalue weighted by molar-refractivity contribution is 6.76. The van der Waals surface area contributed by atoms with Gasteiger partial charge in [-0.2, -0.15) is 0 Å². The van der Waals surface area contributed by atoms with Crippen molar-refractivity contribution in [2.24, 2.45) is 11.3 Å². The molecule has 1 fully saturated rings. The Morgan fingerprint density at radius 2 is 2.00 bits per heavy atom. The highest BCUT2D eigenvalue weighted by atomic mass is 35.6. The lowest BCUT2D eigenvalue weighted by atomic mass is 10.1. The van der Waals surface area contributed by atoms with Gasteiger partial charge in [-0.15, -0.1) is 0 Å². The fraction of sp³-hybridized carbons (Fsp3) is 0.875. The Bertz CT molecular complexity index is 222. The second kappa shape index (κ2) is 3.48. The van der Waals surface area contributed by atoms with Crippen LogP contribution in [0.2, 0.25) is 0 Å².